The van der Waals surface area contributed by atoms with Gasteiger partial charge in [0.1, 0.15) is 11.1 Å². The molecule has 0 aliphatic carbocycles. The summed E-state index contributed by atoms with van der Waals surface area (Å²) in [7, 11) is 0. The third kappa shape index (κ3) is 2.20. The summed E-state index contributed by atoms with van der Waals surface area (Å²) in [6.07, 6.45) is 0. The van der Waals surface area contributed by atoms with Gasteiger partial charge in [0.15, 0.2) is 0 Å². The highest BCUT2D eigenvalue weighted by Gasteiger charge is 2.43. The van der Waals surface area contributed by atoms with Crippen LogP contribution in [0.25, 0.3) is 0 Å². The monoisotopic (exact) mass is 233 g/mol. The quantitative estimate of drug-likeness (QED) is 0.757. The fraction of sp³-hybridized carbons (Fsp3) is 0.500. The molecule has 0 aromatic heterocycles. The number of carbonyl (C=O) groups is 1. The Hall–Kier alpha value is -1.35. The Bertz CT molecular complexity index is 448. The van der Waals surface area contributed by atoms with E-state index >= 15 is 0 Å². The molecule has 2 rings (SSSR count). The summed E-state index contributed by atoms with van der Waals surface area (Å²) in [5, 5.41) is 3.25. The van der Waals surface area contributed by atoms with Crippen LogP contribution in [0.1, 0.15) is 38.8 Å². The molecule has 17 heavy (non-hydrogen) atoms. The SMILES string of the molecule is CC(C)(C)OC(=O)C1(C)NCc2ccccc21. The van der Waals surface area contributed by atoms with Crippen LogP contribution < -0.4 is 5.32 Å². The molecule has 0 saturated heterocycles. The number of hydrogen-bond acceptors (Lipinski definition) is 3. The number of fused-ring (bicyclic) bond motifs is 1. The number of rotatable bonds is 1. The van der Waals surface area contributed by atoms with Crippen molar-refractivity contribution in [3.63, 3.8) is 0 Å². The molecule has 0 spiro atoms. The molecule has 1 aromatic carbocycles. The van der Waals surface area contributed by atoms with Crippen LogP contribution in [0.15, 0.2) is 24.3 Å². The van der Waals surface area contributed by atoms with Crippen LogP contribution in [0.5, 0.6) is 0 Å². The third-order valence-corrected chi connectivity index (χ3v) is 3.00. The molecule has 1 atom stereocenters. The van der Waals surface area contributed by atoms with Crippen molar-refractivity contribution in [3.8, 4) is 0 Å². The zero-order valence-electron chi connectivity index (χ0n) is 10.8. The van der Waals surface area contributed by atoms with Crippen molar-refractivity contribution >= 4 is 5.97 Å². The first-order valence-electron chi connectivity index (χ1n) is 5.90. The summed E-state index contributed by atoms with van der Waals surface area (Å²) < 4.78 is 5.48. The molecule has 0 fully saturated rings. The molecule has 0 radical (unpaired) electrons. The standard InChI is InChI=1S/C14H19NO2/c1-13(2,3)17-12(16)14(4)11-8-6-5-7-10(11)9-15-14/h5-8,15H,9H2,1-4H3. The van der Waals surface area contributed by atoms with Crippen LogP contribution >= 0.6 is 0 Å². The summed E-state index contributed by atoms with van der Waals surface area (Å²) in [5.41, 5.74) is 1.01. The van der Waals surface area contributed by atoms with Crippen molar-refractivity contribution in [2.75, 3.05) is 0 Å². The van der Waals surface area contributed by atoms with E-state index in [-0.39, 0.29) is 5.97 Å². The highest BCUT2D eigenvalue weighted by Crippen LogP contribution is 2.32. The van der Waals surface area contributed by atoms with Crippen molar-refractivity contribution in [1.29, 1.82) is 0 Å². The summed E-state index contributed by atoms with van der Waals surface area (Å²) in [5.74, 6) is -0.213. The van der Waals surface area contributed by atoms with Crippen molar-refractivity contribution in [2.45, 2.75) is 45.4 Å². The van der Waals surface area contributed by atoms with Gasteiger partial charge in [-0.3, -0.25) is 5.32 Å². The van der Waals surface area contributed by atoms with Gasteiger partial charge in [-0.2, -0.15) is 0 Å². The maximum atomic E-state index is 12.3. The van der Waals surface area contributed by atoms with Crippen molar-refractivity contribution < 1.29 is 9.53 Å². The second kappa shape index (κ2) is 3.84. The Balaban J connectivity index is 2.30. The molecule has 1 aliphatic heterocycles. The number of hydrogen-bond donors (Lipinski definition) is 1. The lowest BCUT2D eigenvalue weighted by Gasteiger charge is -2.29. The minimum Gasteiger partial charge on any atom is -0.458 e. The molecule has 0 amide bonds. The van der Waals surface area contributed by atoms with E-state index < -0.39 is 11.1 Å². The second-order valence-corrected chi connectivity index (χ2v) is 5.64. The highest BCUT2D eigenvalue weighted by molar-refractivity contribution is 5.84. The van der Waals surface area contributed by atoms with E-state index in [1.54, 1.807) is 0 Å². The van der Waals surface area contributed by atoms with Gasteiger partial charge in [-0.1, -0.05) is 24.3 Å². The average Bonchev–Trinajstić information content (AvgIpc) is 2.56. The molecule has 1 heterocycles. The van der Waals surface area contributed by atoms with Gasteiger partial charge >= 0.3 is 5.97 Å². The lowest BCUT2D eigenvalue weighted by molar-refractivity contribution is -0.162. The molecule has 1 unspecified atom stereocenters. The van der Waals surface area contributed by atoms with Crippen LogP contribution in [0, 0.1) is 0 Å². The molecule has 1 aromatic rings. The van der Waals surface area contributed by atoms with Crippen molar-refractivity contribution in [3.05, 3.63) is 35.4 Å². The fourth-order valence-corrected chi connectivity index (χ4v) is 2.09. The number of benzene rings is 1. The Kier molecular flexibility index (Phi) is 2.74. The van der Waals surface area contributed by atoms with Crippen molar-refractivity contribution in [1.82, 2.24) is 5.32 Å². The predicted molar refractivity (Wildman–Crippen MR) is 66.5 cm³/mol. The first-order valence-corrected chi connectivity index (χ1v) is 5.90. The van der Waals surface area contributed by atoms with Gasteiger partial charge in [0.2, 0.25) is 0 Å². The number of esters is 1. The van der Waals surface area contributed by atoms with Gasteiger partial charge in [-0.05, 0) is 38.8 Å². The lowest BCUT2D eigenvalue weighted by atomic mass is 9.92. The fourth-order valence-electron chi connectivity index (χ4n) is 2.09. The third-order valence-electron chi connectivity index (χ3n) is 3.00. The molecule has 0 bridgehead atoms. The van der Waals surface area contributed by atoms with E-state index in [0.29, 0.717) is 6.54 Å². The molecule has 92 valence electrons. The minimum absolute atomic E-state index is 0.213. The number of carbonyl (C=O) groups excluding carboxylic acids is 1. The molecule has 1 aliphatic rings. The minimum atomic E-state index is -0.718. The summed E-state index contributed by atoms with van der Waals surface area (Å²) in [6, 6.07) is 7.97. The van der Waals surface area contributed by atoms with Crippen LogP contribution in [0.2, 0.25) is 0 Å². The molecular formula is C14H19NO2. The Morgan fingerprint density at radius 1 is 1.35 bits per heavy atom. The molecule has 0 saturated carbocycles. The van der Waals surface area contributed by atoms with Gasteiger partial charge in [-0.25, -0.2) is 4.79 Å². The van der Waals surface area contributed by atoms with Crippen LogP contribution in [0.3, 0.4) is 0 Å². The van der Waals surface area contributed by atoms with E-state index in [1.165, 1.54) is 5.56 Å². The van der Waals surface area contributed by atoms with Crippen LogP contribution in [0.4, 0.5) is 0 Å². The van der Waals surface area contributed by atoms with Crippen molar-refractivity contribution in [2.24, 2.45) is 0 Å². The maximum absolute atomic E-state index is 12.3. The Morgan fingerprint density at radius 2 is 2.00 bits per heavy atom. The molecular weight excluding hydrogens is 214 g/mol. The van der Waals surface area contributed by atoms with Gasteiger partial charge < -0.3 is 4.74 Å². The number of nitrogens with one attached hydrogen (secondary N) is 1. The zero-order chi connectivity index (χ0) is 12.7. The average molecular weight is 233 g/mol. The Morgan fingerprint density at radius 3 is 2.65 bits per heavy atom. The Labute approximate surface area is 102 Å². The van der Waals surface area contributed by atoms with Gasteiger partial charge in [0, 0.05) is 6.54 Å². The van der Waals surface area contributed by atoms with Gasteiger partial charge in [-0.15, -0.1) is 0 Å². The summed E-state index contributed by atoms with van der Waals surface area (Å²) in [6.45, 7) is 8.25. The van der Waals surface area contributed by atoms with E-state index in [2.05, 4.69) is 5.32 Å². The van der Waals surface area contributed by atoms with E-state index in [4.69, 9.17) is 4.74 Å². The normalized spacial score (nSPS) is 23.3. The largest absolute Gasteiger partial charge is 0.458 e. The highest BCUT2D eigenvalue weighted by atomic mass is 16.6. The smallest absolute Gasteiger partial charge is 0.331 e. The topological polar surface area (TPSA) is 38.3 Å². The summed E-state index contributed by atoms with van der Waals surface area (Å²) in [4.78, 5) is 12.3. The molecule has 1 N–H and O–H groups in total. The van der Waals surface area contributed by atoms with Gasteiger partial charge in [0.05, 0.1) is 0 Å². The summed E-state index contributed by atoms with van der Waals surface area (Å²) >= 11 is 0. The predicted octanol–water partition coefficient (Wildman–Crippen LogP) is 2.35. The van der Waals surface area contributed by atoms with Crippen LogP contribution in [-0.2, 0) is 21.6 Å². The maximum Gasteiger partial charge on any atom is 0.331 e. The van der Waals surface area contributed by atoms with Gasteiger partial charge in [0.25, 0.3) is 0 Å². The number of ether oxygens (including phenoxy) is 1. The second-order valence-electron chi connectivity index (χ2n) is 5.64. The first kappa shape index (κ1) is 12.1. The van der Waals surface area contributed by atoms with Crippen LogP contribution in [-0.4, -0.2) is 11.6 Å². The molecule has 3 nitrogen and oxygen atoms in total. The first-order chi connectivity index (χ1) is 7.83. The molecule has 3 heteroatoms. The zero-order valence-corrected chi connectivity index (χ0v) is 10.8. The van der Waals surface area contributed by atoms with E-state index in [1.807, 2.05) is 52.0 Å². The van der Waals surface area contributed by atoms with E-state index in [0.717, 1.165) is 5.56 Å². The lowest BCUT2D eigenvalue weighted by Crippen LogP contribution is -2.45. The van der Waals surface area contributed by atoms with E-state index in [9.17, 15) is 4.79 Å².